The van der Waals surface area contributed by atoms with E-state index < -0.39 is 0 Å². The van der Waals surface area contributed by atoms with Crippen molar-refractivity contribution in [2.45, 2.75) is 38.1 Å². The maximum atomic E-state index is 3.70. The summed E-state index contributed by atoms with van der Waals surface area (Å²) in [6.45, 7) is 7.96. The third kappa shape index (κ3) is 3.55. The van der Waals surface area contributed by atoms with Crippen LogP contribution in [0.25, 0.3) is 0 Å². The molecule has 0 aromatic heterocycles. The van der Waals surface area contributed by atoms with Gasteiger partial charge < -0.3 is 10.6 Å². The second-order valence-electron chi connectivity index (χ2n) is 5.67. The van der Waals surface area contributed by atoms with Gasteiger partial charge in [0.2, 0.25) is 0 Å². The van der Waals surface area contributed by atoms with Gasteiger partial charge in [-0.1, -0.05) is 44.2 Å². The molecule has 1 saturated heterocycles. The molecule has 1 unspecified atom stereocenters. The van der Waals surface area contributed by atoms with Crippen molar-refractivity contribution in [2.24, 2.45) is 0 Å². The molecule has 2 rings (SSSR count). The first kappa shape index (κ1) is 12.6. The van der Waals surface area contributed by atoms with E-state index in [9.17, 15) is 0 Å². The number of hydrogen-bond donors (Lipinski definition) is 2. The second-order valence-corrected chi connectivity index (χ2v) is 5.67. The van der Waals surface area contributed by atoms with Crippen molar-refractivity contribution < 1.29 is 0 Å². The van der Waals surface area contributed by atoms with E-state index in [0.29, 0.717) is 6.04 Å². The summed E-state index contributed by atoms with van der Waals surface area (Å²) in [6.07, 6.45) is 2.60. The first-order valence-corrected chi connectivity index (χ1v) is 6.68. The van der Waals surface area contributed by atoms with Crippen molar-refractivity contribution in [1.82, 2.24) is 10.6 Å². The minimum Gasteiger partial charge on any atom is -0.315 e. The Hall–Kier alpha value is -0.860. The predicted octanol–water partition coefficient (Wildman–Crippen LogP) is 2.31. The molecule has 0 amide bonds. The molecule has 2 nitrogen and oxygen atoms in total. The molecule has 0 aliphatic carbocycles. The van der Waals surface area contributed by atoms with E-state index in [0.717, 1.165) is 13.1 Å². The van der Waals surface area contributed by atoms with Crippen molar-refractivity contribution in [1.29, 1.82) is 0 Å². The van der Waals surface area contributed by atoms with Crippen LogP contribution in [-0.2, 0) is 5.41 Å². The fourth-order valence-electron chi connectivity index (χ4n) is 2.42. The molecule has 0 saturated carbocycles. The van der Waals surface area contributed by atoms with Crippen molar-refractivity contribution in [3.05, 3.63) is 35.9 Å². The highest BCUT2D eigenvalue weighted by molar-refractivity contribution is 5.23. The lowest BCUT2D eigenvalue weighted by Gasteiger charge is -2.31. The average molecular weight is 232 g/mol. The summed E-state index contributed by atoms with van der Waals surface area (Å²) >= 11 is 0. The Balaban J connectivity index is 1.88. The standard InChI is InChI=1S/C15H24N2/c1-15(2,13-7-4-3-5-8-13)12-17-14-9-6-10-16-11-14/h3-5,7-8,14,16-17H,6,9-12H2,1-2H3. The molecule has 94 valence electrons. The summed E-state index contributed by atoms with van der Waals surface area (Å²) in [5.41, 5.74) is 1.62. The molecule has 2 N–H and O–H groups in total. The Morgan fingerprint density at radius 3 is 2.71 bits per heavy atom. The van der Waals surface area contributed by atoms with Gasteiger partial charge in [-0.2, -0.15) is 0 Å². The fourth-order valence-corrected chi connectivity index (χ4v) is 2.42. The van der Waals surface area contributed by atoms with Gasteiger partial charge in [-0.3, -0.25) is 0 Å². The van der Waals surface area contributed by atoms with Crippen LogP contribution in [0.3, 0.4) is 0 Å². The number of piperidine rings is 1. The van der Waals surface area contributed by atoms with Gasteiger partial charge in [0.15, 0.2) is 0 Å². The summed E-state index contributed by atoms with van der Waals surface area (Å²) in [5, 5.41) is 7.15. The van der Waals surface area contributed by atoms with Crippen LogP contribution in [-0.4, -0.2) is 25.7 Å². The molecule has 2 heteroatoms. The van der Waals surface area contributed by atoms with Crippen LogP contribution in [0.1, 0.15) is 32.3 Å². The first-order chi connectivity index (χ1) is 8.18. The van der Waals surface area contributed by atoms with Crippen molar-refractivity contribution >= 4 is 0 Å². The third-order valence-corrected chi connectivity index (χ3v) is 3.68. The topological polar surface area (TPSA) is 24.1 Å². The molecule has 0 radical (unpaired) electrons. The summed E-state index contributed by atoms with van der Waals surface area (Å²) in [7, 11) is 0. The highest BCUT2D eigenvalue weighted by Crippen LogP contribution is 2.22. The predicted molar refractivity (Wildman–Crippen MR) is 73.4 cm³/mol. The van der Waals surface area contributed by atoms with Crippen molar-refractivity contribution in [2.75, 3.05) is 19.6 Å². The summed E-state index contributed by atoms with van der Waals surface area (Å²) in [5.74, 6) is 0. The monoisotopic (exact) mass is 232 g/mol. The van der Waals surface area contributed by atoms with Crippen LogP contribution in [0.4, 0.5) is 0 Å². The van der Waals surface area contributed by atoms with E-state index >= 15 is 0 Å². The molecule has 1 fully saturated rings. The molecule has 17 heavy (non-hydrogen) atoms. The van der Waals surface area contributed by atoms with Gasteiger partial charge in [0.05, 0.1) is 0 Å². The average Bonchev–Trinajstić information content (AvgIpc) is 2.39. The van der Waals surface area contributed by atoms with Crippen LogP contribution in [0.15, 0.2) is 30.3 Å². The maximum absolute atomic E-state index is 3.70. The number of benzene rings is 1. The number of hydrogen-bond acceptors (Lipinski definition) is 2. The smallest absolute Gasteiger partial charge is 0.0193 e. The van der Waals surface area contributed by atoms with Gasteiger partial charge in [-0.05, 0) is 24.9 Å². The van der Waals surface area contributed by atoms with Crippen molar-refractivity contribution in [3.8, 4) is 0 Å². The summed E-state index contributed by atoms with van der Waals surface area (Å²) < 4.78 is 0. The lowest BCUT2D eigenvalue weighted by Crippen LogP contribution is -2.47. The molecule has 1 atom stereocenters. The highest BCUT2D eigenvalue weighted by Gasteiger charge is 2.22. The normalized spacial score (nSPS) is 21.4. The maximum Gasteiger partial charge on any atom is 0.0193 e. The molecule has 1 aromatic rings. The molecule has 1 heterocycles. The molecule has 1 aliphatic heterocycles. The Bertz CT molecular complexity index is 326. The van der Waals surface area contributed by atoms with Gasteiger partial charge in [-0.15, -0.1) is 0 Å². The molecule has 1 aliphatic rings. The van der Waals surface area contributed by atoms with Crippen molar-refractivity contribution in [3.63, 3.8) is 0 Å². The summed E-state index contributed by atoms with van der Waals surface area (Å²) in [4.78, 5) is 0. The molecule has 0 bridgehead atoms. The van der Waals surface area contributed by atoms with E-state index in [-0.39, 0.29) is 5.41 Å². The van der Waals surface area contributed by atoms with Crippen LogP contribution in [0.5, 0.6) is 0 Å². The Kier molecular flexibility index (Phi) is 4.19. The highest BCUT2D eigenvalue weighted by atomic mass is 15.0. The van der Waals surface area contributed by atoms with E-state index in [1.165, 1.54) is 24.9 Å². The zero-order chi connectivity index (χ0) is 12.1. The Morgan fingerprint density at radius 1 is 1.29 bits per heavy atom. The van der Waals surface area contributed by atoms with Crippen LogP contribution in [0, 0.1) is 0 Å². The van der Waals surface area contributed by atoms with Crippen LogP contribution in [0.2, 0.25) is 0 Å². The minimum absolute atomic E-state index is 0.207. The Morgan fingerprint density at radius 2 is 2.06 bits per heavy atom. The lowest BCUT2D eigenvalue weighted by molar-refractivity contribution is 0.354. The van der Waals surface area contributed by atoms with Gasteiger partial charge in [0.1, 0.15) is 0 Å². The molecule has 1 aromatic carbocycles. The fraction of sp³-hybridized carbons (Fsp3) is 0.600. The quantitative estimate of drug-likeness (QED) is 0.832. The van der Waals surface area contributed by atoms with E-state index in [1.807, 2.05) is 0 Å². The number of nitrogens with one attached hydrogen (secondary N) is 2. The van der Waals surface area contributed by atoms with Crippen LogP contribution < -0.4 is 10.6 Å². The van der Waals surface area contributed by atoms with E-state index in [1.54, 1.807) is 0 Å². The largest absolute Gasteiger partial charge is 0.315 e. The lowest BCUT2D eigenvalue weighted by atomic mass is 9.84. The first-order valence-electron chi connectivity index (χ1n) is 6.68. The van der Waals surface area contributed by atoms with Crippen LogP contribution >= 0.6 is 0 Å². The van der Waals surface area contributed by atoms with E-state index in [2.05, 4.69) is 54.8 Å². The third-order valence-electron chi connectivity index (χ3n) is 3.68. The summed E-state index contributed by atoms with van der Waals surface area (Å²) in [6, 6.07) is 11.4. The zero-order valence-corrected chi connectivity index (χ0v) is 11.0. The van der Waals surface area contributed by atoms with Gasteiger partial charge in [-0.25, -0.2) is 0 Å². The molecular formula is C15H24N2. The minimum atomic E-state index is 0.207. The van der Waals surface area contributed by atoms with Gasteiger partial charge in [0, 0.05) is 24.5 Å². The Labute approximate surface area is 105 Å². The van der Waals surface area contributed by atoms with Gasteiger partial charge >= 0.3 is 0 Å². The zero-order valence-electron chi connectivity index (χ0n) is 11.0. The number of rotatable bonds is 4. The SMILES string of the molecule is CC(C)(CNC1CCCNC1)c1ccccc1. The molecular weight excluding hydrogens is 208 g/mol. The second kappa shape index (κ2) is 5.65. The van der Waals surface area contributed by atoms with Gasteiger partial charge in [0.25, 0.3) is 0 Å². The molecule has 0 spiro atoms. The van der Waals surface area contributed by atoms with E-state index in [4.69, 9.17) is 0 Å².